The summed E-state index contributed by atoms with van der Waals surface area (Å²) in [4.78, 5) is 15.4. The lowest BCUT2D eigenvalue weighted by Gasteiger charge is -2.30. The molecule has 6 nitrogen and oxygen atoms in total. The van der Waals surface area contributed by atoms with Gasteiger partial charge in [-0.05, 0) is 74.9 Å². The van der Waals surface area contributed by atoms with Crippen molar-refractivity contribution in [2.45, 2.75) is 50.3 Å². The molecule has 0 bridgehead atoms. The molecule has 2 aromatic carbocycles. The van der Waals surface area contributed by atoms with Gasteiger partial charge in [0.25, 0.3) is 5.91 Å². The lowest BCUT2D eigenvalue weighted by molar-refractivity contribution is 0.102. The van der Waals surface area contributed by atoms with E-state index >= 15 is 0 Å². The Kier molecular flexibility index (Phi) is 6.81. The smallest absolute Gasteiger partial charge is 0.256 e. The summed E-state index contributed by atoms with van der Waals surface area (Å²) < 4.78 is 41.7. The van der Waals surface area contributed by atoms with Crippen molar-refractivity contribution >= 4 is 27.3 Å². The molecule has 2 aliphatic rings. The van der Waals surface area contributed by atoms with E-state index in [1.54, 1.807) is 25.1 Å². The Morgan fingerprint density at radius 3 is 2.25 bits per heavy atom. The van der Waals surface area contributed by atoms with Gasteiger partial charge in [0.2, 0.25) is 10.0 Å². The lowest BCUT2D eigenvalue weighted by Crippen LogP contribution is -2.35. The summed E-state index contributed by atoms with van der Waals surface area (Å²) in [6.07, 6.45) is 5.99. The van der Waals surface area contributed by atoms with Crippen LogP contribution in [0.5, 0.6) is 0 Å². The Morgan fingerprint density at radius 1 is 0.906 bits per heavy atom. The van der Waals surface area contributed by atoms with Gasteiger partial charge in [0, 0.05) is 31.7 Å². The number of carbonyl (C=O) groups excluding carboxylic acids is 1. The van der Waals surface area contributed by atoms with Gasteiger partial charge in [-0.1, -0.05) is 12.5 Å². The third-order valence-corrected chi connectivity index (χ3v) is 8.20. The first-order valence-corrected chi connectivity index (χ1v) is 12.8. The second-order valence-electron chi connectivity index (χ2n) is 8.60. The molecule has 1 N–H and O–H groups in total. The number of hydrogen-bond donors (Lipinski definition) is 1. The molecule has 0 aromatic heterocycles. The molecule has 4 rings (SSSR count). The molecule has 32 heavy (non-hydrogen) atoms. The Labute approximate surface area is 189 Å². The molecule has 2 aromatic rings. The van der Waals surface area contributed by atoms with E-state index in [4.69, 9.17) is 0 Å². The average Bonchev–Trinajstić information content (AvgIpc) is 2.80. The zero-order valence-corrected chi connectivity index (χ0v) is 19.3. The van der Waals surface area contributed by atoms with E-state index in [0.29, 0.717) is 24.3 Å². The van der Waals surface area contributed by atoms with Crippen molar-refractivity contribution in [2.24, 2.45) is 0 Å². The van der Waals surface area contributed by atoms with Crippen LogP contribution in [0.15, 0.2) is 41.3 Å². The van der Waals surface area contributed by atoms with Crippen LogP contribution >= 0.6 is 0 Å². The highest BCUT2D eigenvalue weighted by Gasteiger charge is 2.27. The normalized spacial score (nSPS) is 17.9. The molecule has 0 atom stereocenters. The minimum absolute atomic E-state index is 0.116. The van der Waals surface area contributed by atoms with Crippen molar-refractivity contribution in [2.75, 3.05) is 36.4 Å². The minimum Gasteiger partial charge on any atom is -0.370 e. The minimum atomic E-state index is -3.65. The van der Waals surface area contributed by atoms with Crippen molar-refractivity contribution in [3.8, 4) is 0 Å². The first kappa shape index (κ1) is 22.7. The Hall–Kier alpha value is -2.45. The maximum absolute atomic E-state index is 14.0. The maximum Gasteiger partial charge on any atom is 0.256 e. The number of halogens is 1. The van der Waals surface area contributed by atoms with Gasteiger partial charge in [-0.25, -0.2) is 12.8 Å². The van der Waals surface area contributed by atoms with Gasteiger partial charge in [0.05, 0.1) is 16.3 Å². The first-order valence-electron chi connectivity index (χ1n) is 11.3. The molecule has 0 aliphatic carbocycles. The molecule has 8 heteroatoms. The van der Waals surface area contributed by atoms with Crippen molar-refractivity contribution in [1.29, 1.82) is 0 Å². The fourth-order valence-electron chi connectivity index (χ4n) is 4.47. The van der Waals surface area contributed by atoms with E-state index in [1.165, 1.54) is 22.5 Å². The van der Waals surface area contributed by atoms with Crippen LogP contribution in [0.4, 0.5) is 15.8 Å². The third-order valence-electron chi connectivity index (χ3n) is 6.31. The number of amides is 1. The second kappa shape index (κ2) is 9.58. The molecule has 1 amide bonds. The van der Waals surface area contributed by atoms with Gasteiger partial charge >= 0.3 is 0 Å². The van der Waals surface area contributed by atoms with Crippen LogP contribution in [-0.2, 0) is 10.0 Å². The van der Waals surface area contributed by atoms with E-state index in [0.717, 1.165) is 57.3 Å². The lowest BCUT2D eigenvalue weighted by atomic mass is 10.1. The summed E-state index contributed by atoms with van der Waals surface area (Å²) in [5, 5.41) is 2.83. The highest BCUT2D eigenvalue weighted by molar-refractivity contribution is 7.89. The van der Waals surface area contributed by atoms with Crippen LogP contribution < -0.4 is 10.2 Å². The SMILES string of the molecule is Cc1ccc(S(=O)(=O)N2CCCCC2)cc1C(=O)Nc1cc(F)ccc1N1CCCCC1. The molecule has 0 unspecified atom stereocenters. The van der Waals surface area contributed by atoms with Crippen LogP contribution in [0.25, 0.3) is 0 Å². The summed E-state index contributed by atoms with van der Waals surface area (Å²) in [7, 11) is -3.65. The Bertz CT molecular complexity index is 1090. The number of nitrogens with zero attached hydrogens (tertiary/aromatic N) is 2. The van der Waals surface area contributed by atoms with Crippen LogP contribution in [-0.4, -0.2) is 44.8 Å². The zero-order chi connectivity index (χ0) is 22.7. The molecule has 0 spiro atoms. The van der Waals surface area contributed by atoms with Crippen molar-refractivity contribution in [3.63, 3.8) is 0 Å². The number of anilines is 2. The van der Waals surface area contributed by atoms with Crippen LogP contribution in [0.3, 0.4) is 0 Å². The van der Waals surface area contributed by atoms with Gasteiger partial charge in [0.15, 0.2) is 0 Å². The van der Waals surface area contributed by atoms with E-state index in [2.05, 4.69) is 10.2 Å². The number of nitrogens with one attached hydrogen (secondary N) is 1. The van der Waals surface area contributed by atoms with E-state index < -0.39 is 21.7 Å². The predicted octanol–water partition coefficient (Wildman–Crippen LogP) is 4.55. The number of aryl methyl sites for hydroxylation is 1. The Morgan fingerprint density at radius 2 is 1.56 bits per heavy atom. The third kappa shape index (κ3) is 4.81. The number of carbonyl (C=O) groups is 1. The van der Waals surface area contributed by atoms with Crippen LogP contribution in [0.2, 0.25) is 0 Å². The second-order valence-corrected chi connectivity index (χ2v) is 10.5. The van der Waals surface area contributed by atoms with E-state index in [9.17, 15) is 17.6 Å². The standard InChI is InChI=1S/C24H30FN3O3S/c1-18-8-10-20(32(30,31)28-14-6-3-7-15-28)17-21(18)24(29)26-22-16-19(25)9-11-23(22)27-12-4-2-5-13-27/h8-11,16-17H,2-7,12-15H2,1H3,(H,26,29). The van der Waals surface area contributed by atoms with Gasteiger partial charge in [-0.3, -0.25) is 4.79 Å². The van der Waals surface area contributed by atoms with Gasteiger partial charge < -0.3 is 10.2 Å². The molecule has 172 valence electrons. The topological polar surface area (TPSA) is 69.7 Å². The highest BCUT2D eigenvalue weighted by Crippen LogP contribution is 2.30. The largest absolute Gasteiger partial charge is 0.370 e. The number of hydrogen-bond acceptors (Lipinski definition) is 4. The van der Waals surface area contributed by atoms with Crippen molar-refractivity contribution < 1.29 is 17.6 Å². The maximum atomic E-state index is 14.0. The Balaban J connectivity index is 1.62. The van der Waals surface area contributed by atoms with Gasteiger partial charge in [-0.15, -0.1) is 0 Å². The monoisotopic (exact) mass is 459 g/mol. The first-order chi connectivity index (χ1) is 15.4. The highest BCUT2D eigenvalue weighted by atomic mass is 32.2. The summed E-state index contributed by atoms with van der Waals surface area (Å²) in [6, 6.07) is 9.07. The fraction of sp³-hybridized carbons (Fsp3) is 0.458. The number of benzene rings is 2. The molecular weight excluding hydrogens is 429 g/mol. The average molecular weight is 460 g/mol. The van der Waals surface area contributed by atoms with Crippen molar-refractivity contribution in [1.82, 2.24) is 4.31 Å². The molecule has 2 aliphatic heterocycles. The predicted molar refractivity (Wildman–Crippen MR) is 124 cm³/mol. The molecule has 2 saturated heterocycles. The fourth-order valence-corrected chi connectivity index (χ4v) is 6.01. The molecule has 2 fully saturated rings. The number of rotatable bonds is 5. The van der Waals surface area contributed by atoms with Gasteiger partial charge in [-0.2, -0.15) is 4.31 Å². The number of piperidine rings is 2. The van der Waals surface area contributed by atoms with Gasteiger partial charge in [0.1, 0.15) is 5.82 Å². The summed E-state index contributed by atoms with van der Waals surface area (Å²) in [5.41, 5.74) is 2.13. The summed E-state index contributed by atoms with van der Waals surface area (Å²) in [6.45, 7) is 4.48. The van der Waals surface area contributed by atoms with Crippen LogP contribution in [0, 0.1) is 12.7 Å². The molecule has 2 heterocycles. The molecular formula is C24H30FN3O3S. The quantitative estimate of drug-likeness (QED) is 0.712. The zero-order valence-electron chi connectivity index (χ0n) is 18.4. The molecule has 0 saturated carbocycles. The molecule has 0 radical (unpaired) electrons. The van der Waals surface area contributed by atoms with E-state index in [-0.39, 0.29) is 10.5 Å². The van der Waals surface area contributed by atoms with E-state index in [1.807, 2.05) is 0 Å². The summed E-state index contributed by atoms with van der Waals surface area (Å²) >= 11 is 0. The summed E-state index contributed by atoms with van der Waals surface area (Å²) in [5.74, 6) is -0.874. The number of sulfonamides is 1. The van der Waals surface area contributed by atoms with Crippen LogP contribution in [0.1, 0.15) is 54.4 Å². The van der Waals surface area contributed by atoms with Crippen molar-refractivity contribution in [3.05, 3.63) is 53.3 Å².